The second-order valence-corrected chi connectivity index (χ2v) is 17.2. The lowest BCUT2D eigenvalue weighted by molar-refractivity contribution is 0.660. The van der Waals surface area contributed by atoms with Crippen LogP contribution in [0.5, 0.6) is 0 Å². The highest BCUT2D eigenvalue weighted by Crippen LogP contribution is 2.58. The number of halogens is 1. The highest BCUT2D eigenvalue weighted by Gasteiger charge is 2.40. The maximum atomic E-state index is 7.23. The molecular weight excluding hydrogens is 682 g/mol. The molecule has 254 valence electrons. The van der Waals surface area contributed by atoms with E-state index in [1.807, 2.05) is 11.3 Å². The zero-order chi connectivity index (χ0) is 35.8. The van der Waals surface area contributed by atoms with Crippen LogP contribution in [-0.4, -0.2) is 0 Å². The van der Waals surface area contributed by atoms with Gasteiger partial charge < -0.3 is 4.90 Å². The molecule has 0 bridgehead atoms. The fourth-order valence-corrected chi connectivity index (χ4v) is 11.4. The molecule has 1 heterocycles. The van der Waals surface area contributed by atoms with E-state index in [0.29, 0.717) is 0 Å². The topological polar surface area (TPSA) is 3.24 Å². The van der Waals surface area contributed by atoms with Crippen molar-refractivity contribution in [3.05, 3.63) is 173 Å². The molecule has 1 nitrogen and oxygen atoms in total. The number of fused-ring (bicyclic) bond motifs is 13. The van der Waals surface area contributed by atoms with Gasteiger partial charge in [-0.1, -0.05) is 155 Å². The van der Waals surface area contributed by atoms with Gasteiger partial charge >= 0.3 is 0 Å². The minimum Gasteiger partial charge on any atom is -0.309 e. The second kappa shape index (κ2) is 10.8. The summed E-state index contributed by atoms with van der Waals surface area (Å²) in [6.45, 7) is 9.50. The first kappa shape index (κ1) is 31.1. The number of hydrogen-bond donors (Lipinski definition) is 0. The van der Waals surface area contributed by atoms with Crippen LogP contribution in [0.1, 0.15) is 49.9 Å². The summed E-state index contributed by atoms with van der Waals surface area (Å²) < 4.78 is 2.37. The van der Waals surface area contributed by atoms with Crippen molar-refractivity contribution in [1.82, 2.24) is 0 Å². The fraction of sp³-hybridized carbons (Fsp3) is 0.120. The Morgan fingerprint density at radius 3 is 1.77 bits per heavy atom. The molecule has 8 aromatic carbocycles. The Kier molecular flexibility index (Phi) is 6.36. The average molecular weight is 718 g/mol. The predicted octanol–water partition coefficient (Wildman–Crippen LogP) is 15.1. The summed E-state index contributed by atoms with van der Waals surface area (Å²) in [5.41, 5.74) is 14.0. The molecule has 0 saturated carbocycles. The van der Waals surface area contributed by atoms with Crippen molar-refractivity contribution in [1.29, 1.82) is 0 Å². The first-order valence-corrected chi connectivity index (χ1v) is 19.7. The number of thiophene rings is 1. The van der Waals surface area contributed by atoms with E-state index >= 15 is 0 Å². The smallest absolute Gasteiger partial charge is 0.0646 e. The van der Waals surface area contributed by atoms with Crippen LogP contribution < -0.4 is 4.90 Å². The SMILES string of the molecule is CC1(C)c2ccccc2-c2cc(N(c3cccc4c3C(C)(C)c3ccccc3-4)c3cc4ccccc4c4c3sc3c(Cl)cc5ccccc5c34)ccc21. The molecule has 53 heavy (non-hydrogen) atoms. The largest absolute Gasteiger partial charge is 0.309 e. The van der Waals surface area contributed by atoms with Gasteiger partial charge in [-0.3, -0.25) is 0 Å². The monoisotopic (exact) mass is 717 g/mol. The van der Waals surface area contributed by atoms with Crippen LogP contribution in [0.25, 0.3) is 64.0 Å². The molecule has 0 saturated heterocycles. The zero-order valence-corrected chi connectivity index (χ0v) is 31.7. The van der Waals surface area contributed by atoms with Gasteiger partial charge in [0.25, 0.3) is 0 Å². The molecule has 0 spiro atoms. The molecule has 2 aliphatic carbocycles. The Labute approximate surface area is 318 Å². The van der Waals surface area contributed by atoms with Crippen molar-refractivity contribution < 1.29 is 0 Å². The van der Waals surface area contributed by atoms with Gasteiger partial charge in [-0.15, -0.1) is 11.3 Å². The Hall–Kier alpha value is -5.41. The number of anilines is 3. The first-order chi connectivity index (χ1) is 25.7. The van der Waals surface area contributed by atoms with Gasteiger partial charge in [0.1, 0.15) is 0 Å². The van der Waals surface area contributed by atoms with Gasteiger partial charge in [0, 0.05) is 27.3 Å². The minimum absolute atomic E-state index is 0.0770. The molecule has 11 rings (SSSR count). The molecule has 3 heteroatoms. The lowest BCUT2D eigenvalue weighted by Gasteiger charge is -2.33. The van der Waals surface area contributed by atoms with Gasteiger partial charge in [0.15, 0.2) is 0 Å². The number of benzene rings is 8. The molecule has 0 fully saturated rings. The summed E-state index contributed by atoms with van der Waals surface area (Å²) in [6.07, 6.45) is 0. The summed E-state index contributed by atoms with van der Waals surface area (Å²) in [5.74, 6) is 0. The van der Waals surface area contributed by atoms with Crippen molar-refractivity contribution in [3.8, 4) is 22.3 Å². The van der Waals surface area contributed by atoms with E-state index in [0.717, 1.165) is 20.8 Å². The molecular formula is C50H36ClNS. The van der Waals surface area contributed by atoms with Gasteiger partial charge in [0.2, 0.25) is 0 Å². The average Bonchev–Trinajstić information content (AvgIpc) is 3.77. The highest BCUT2D eigenvalue weighted by atomic mass is 35.5. The first-order valence-electron chi connectivity index (χ1n) is 18.5. The molecule has 0 radical (unpaired) electrons. The minimum atomic E-state index is -0.207. The van der Waals surface area contributed by atoms with Gasteiger partial charge in [-0.05, 0) is 96.4 Å². The molecule has 1 aromatic heterocycles. The van der Waals surface area contributed by atoms with Crippen molar-refractivity contribution in [3.63, 3.8) is 0 Å². The number of rotatable bonds is 3. The van der Waals surface area contributed by atoms with E-state index in [1.54, 1.807) is 0 Å². The van der Waals surface area contributed by atoms with Crippen LogP contribution in [0.2, 0.25) is 5.02 Å². The van der Waals surface area contributed by atoms with E-state index in [-0.39, 0.29) is 10.8 Å². The fourth-order valence-electron chi connectivity index (χ4n) is 9.84. The lowest BCUT2D eigenvalue weighted by atomic mass is 9.81. The predicted molar refractivity (Wildman–Crippen MR) is 229 cm³/mol. The molecule has 9 aromatic rings. The summed E-state index contributed by atoms with van der Waals surface area (Å²) in [4.78, 5) is 2.57. The van der Waals surface area contributed by atoms with Crippen LogP contribution >= 0.6 is 22.9 Å². The van der Waals surface area contributed by atoms with Crippen LogP contribution in [0.4, 0.5) is 17.1 Å². The Morgan fingerprint density at radius 2 is 1.04 bits per heavy atom. The standard InChI is InChI=1S/C50H36ClNS/c1-49(2)38-21-11-10-19-35(38)37-28-31(24-25-40(37)49)52(42-23-13-20-36-34-18-9-12-22-39(34)50(3,4)46(36)42)43-27-30-15-6-8-17-33(30)45-44-32-16-7-5-14-29(32)26-41(51)47(44)53-48(43)45/h5-28H,1-4H3. The maximum Gasteiger partial charge on any atom is 0.0646 e. The summed E-state index contributed by atoms with van der Waals surface area (Å²) in [5, 5.41) is 8.17. The van der Waals surface area contributed by atoms with Crippen LogP contribution in [0.15, 0.2) is 146 Å². The molecule has 0 amide bonds. The summed E-state index contributed by atoms with van der Waals surface area (Å²) in [7, 11) is 0. The molecule has 0 aliphatic heterocycles. The van der Waals surface area contributed by atoms with Crippen molar-refractivity contribution in [2.24, 2.45) is 0 Å². The quantitative estimate of drug-likeness (QED) is 0.176. The lowest BCUT2D eigenvalue weighted by Crippen LogP contribution is -2.21. The Morgan fingerprint density at radius 1 is 0.472 bits per heavy atom. The Bertz CT molecular complexity index is 3040. The van der Waals surface area contributed by atoms with Crippen LogP contribution in [-0.2, 0) is 10.8 Å². The Balaban J connectivity index is 1.29. The summed E-state index contributed by atoms with van der Waals surface area (Å²) in [6, 6.07) is 54.1. The zero-order valence-electron chi connectivity index (χ0n) is 30.1. The van der Waals surface area contributed by atoms with Crippen LogP contribution in [0.3, 0.4) is 0 Å². The van der Waals surface area contributed by atoms with E-state index in [9.17, 15) is 0 Å². The molecule has 0 atom stereocenters. The molecule has 2 aliphatic rings. The molecule has 0 unspecified atom stereocenters. The van der Waals surface area contributed by atoms with E-state index in [2.05, 4.69) is 178 Å². The van der Waals surface area contributed by atoms with Crippen LogP contribution in [0, 0.1) is 0 Å². The van der Waals surface area contributed by atoms with E-state index in [4.69, 9.17) is 11.6 Å². The highest BCUT2D eigenvalue weighted by molar-refractivity contribution is 7.27. The van der Waals surface area contributed by atoms with E-state index < -0.39 is 0 Å². The maximum absolute atomic E-state index is 7.23. The normalized spacial score (nSPS) is 14.8. The summed E-state index contributed by atoms with van der Waals surface area (Å²) >= 11 is 9.05. The third kappa shape index (κ3) is 4.14. The third-order valence-corrected chi connectivity index (χ3v) is 13.9. The number of nitrogens with zero attached hydrogens (tertiary/aromatic N) is 1. The van der Waals surface area contributed by atoms with E-state index in [1.165, 1.54) is 87.5 Å². The number of hydrogen-bond acceptors (Lipinski definition) is 2. The van der Waals surface area contributed by atoms with Crippen molar-refractivity contribution in [2.75, 3.05) is 4.90 Å². The molecule has 0 N–H and O–H groups in total. The third-order valence-electron chi connectivity index (χ3n) is 12.3. The second-order valence-electron chi connectivity index (χ2n) is 15.8. The van der Waals surface area contributed by atoms with Gasteiger partial charge in [0.05, 0.1) is 25.8 Å². The van der Waals surface area contributed by atoms with Crippen molar-refractivity contribution >= 4 is 81.7 Å². The van der Waals surface area contributed by atoms with Gasteiger partial charge in [-0.2, -0.15) is 0 Å². The van der Waals surface area contributed by atoms with Crippen molar-refractivity contribution in [2.45, 2.75) is 38.5 Å². The van der Waals surface area contributed by atoms with Gasteiger partial charge in [-0.25, -0.2) is 0 Å².